The average molecular weight is 297 g/mol. The van der Waals surface area contributed by atoms with Gasteiger partial charge in [-0.05, 0) is 24.1 Å². The van der Waals surface area contributed by atoms with Crippen molar-refractivity contribution in [2.45, 2.75) is 13.3 Å². The van der Waals surface area contributed by atoms with Gasteiger partial charge >= 0.3 is 5.63 Å². The monoisotopic (exact) mass is 297 g/mol. The van der Waals surface area contributed by atoms with Crippen molar-refractivity contribution in [3.05, 3.63) is 58.2 Å². The Morgan fingerprint density at radius 3 is 2.91 bits per heavy atom. The van der Waals surface area contributed by atoms with Crippen LogP contribution in [0.2, 0.25) is 0 Å². The molecule has 2 heterocycles. The fraction of sp³-hybridized carbons (Fsp3) is 0.188. The van der Waals surface area contributed by atoms with E-state index >= 15 is 0 Å². The topological polar surface area (TPSA) is 77.1 Å². The number of carbonyl (C=O) groups is 1. The van der Waals surface area contributed by atoms with Crippen molar-refractivity contribution in [2.75, 3.05) is 5.32 Å². The highest BCUT2D eigenvalue weighted by Gasteiger charge is 2.11. The number of benzene rings is 1. The van der Waals surface area contributed by atoms with E-state index in [2.05, 4.69) is 10.4 Å². The van der Waals surface area contributed by atoms with Crippen LogP contribution in [0.15, 0.2) is 45.9 Å². The molecule has 0 aliphatic carbocycles. The zero-order valence-electron chi connectivity index (χ0n) is 12.3. The smallest absolute Gasteiger partial charge is 0.336 e. The van der Waals surface area contributed by atoms with E-state index < -0.39 is 5.63 Å². The summed E-state index contributed by atoms with van der Waals surface area (Å²) < 4.78 is 6.79. The molecule has 0 spiro atoms. The first-order valence-corrected chi connectivity index (χ1v) is 6.83. The number of aryl methyl sites for hydroxylation is 2. The number of rotatable bonds is 3. The zero-order valence-corrected chi connectivity index (χ0v) is 12.3. The Kier molecular flexibility index (Phi) is 3.50. The fourth-order valence-corrected chi connectivity index (χ4v) is 2.35. The lowest BCUT2D eigenvalue weighted by Gasteiger charge is -2.06. The van der Waals surface area contributed by atoms with Gasteiger partial charge in [0, 0.05) is 24.7 Å². The molecule has 0 atom stereocenters. The number of nitrogens with zero attached hydrogens (tertiary/aromatic N) is 2. The minimum absolute atomic E-state index is 0.0973. The molecular formula is C16H15N3O3. The van der Waals surface area contributed by atoms with E-state index in [0.717, 1.165) is 10.9 Å². The molecule has 3 rings (SSSR count). The van der Waals surface area contributed by atoms with E-state index in [1.54, 1.807) is 30.2 Å². The summed E-state index contributed by atoms with van der Waals surface area (Å²) in [5, 5.41) is 7.51. The van der Waals surface area contributed by atoms with Gasteiger partial charge in [-0.3, -0.25) is 9.48 Å². The molecule has 3 aromatic rings. The number of aromatic nitrogens is 2. The van der Waals surface area contributed by atoms with Crippen molar-refractivity contribution in [1.29, 1.82) is 0 Å². The van der Waals surface area contributed by atoms with Crippen LogP contribution in [0.3, 0.4) is 0 Å². The van der Waals surface area contributed by atoms with Gasteiger partial charge in [0.1, 0.15) is 5.58 Å². The Balaban J connectivity index is 1.89. The predicted octanol–water partition coefficient (Wildman–Crippen LogP) is 2.02. The molecule has 0 bridgehead atoms. The van der Waals surface area contributed by atoms with Crippen molar-refractivity contribution in [1.82, 2.24) is 9.78 Å². The van der Waals surface area contributed by atoms with Crippen LogP contribution in [-0.2, 0) is 18.3 Å². The van der Waals surface area contributed by atoms with Gasteiger partial charge in [-0.25, -0.2) is 4.79 Å². The van der Waals surface area contributed by atoms with E-state index in [0.29, 0.717) is 16.8 Å². The number of hydrogen-bond acceptors (Lipinski definition) is 4. The van der Waals surface area contributed by atoms with E-state index in [4.69, 9.17) is 4.42 Å². The highest BCUT2D eigenvalue weighted by Crippen LogP contribution is 2.19. The molecule has 0 aliphatic rings. The number of fused-ring (bicyclic) bond motifs is 1. The van der Waals surface area contributed by atoms with Gasteiger partial charge in [-0.1, -0.05) is 12.1 Å². The molecule has 2 aromatic heterocycles. The molecule has 0 aliphatic heterocycles. The Morgan fingerprint density at radius 2 is 2.18 bits per heavy atom. The summed E-state index contributed by atoms with van der Waals surface area (Å²) in [6.07, 6.45) is 3.37. The van der Waals surface area contributed by atoms with Gasteiger partial charge in [-0.15, -0.1) is 0 Å². The molecule has 0 saturated heterocycles. The van der Waals surface area contributed by atoms with Crippen LogP contribution in [0.1, 0.15) is 11.1 Å². The highest BCUT2D eigenvalue weighted by molar-refractivity contribution is 5.95. The van der Waals surface area contributed by atoms with Crippen molar-refractivity contribution < 1.29 is 9.21 Å². The molecule has 0 radical (unpaired) electrons. The third-order valence-corrected chi connectivity index (χ3v) is 3.33. The first kappa shape index (κ1) is 14.1. The van der Waals surface area contributed by atoms with Crippen LogP contribution in [0.25, 0.3) is 11.0 Å². The maximum Gasteiger partial charge on any atom is 0.336 e. The maximum absolute atomic E-state index is 12.1. The van der Waals surface area contributed by atoms with Crippen LogP contribution in [-0.4, -0.2) is 15.7 Å². The zero-order chi connectivity index (χ0) is 15.7. The molecule has 1 aromatic carbocycles. The number of carbonyl (C=O) groups excluding carboxylic acids is 1. The van der Waals surface area contributed by atoms with Gasteiger partial charge in [0.25, 0.3) is 0 Å². The van der Waals surface area contributed by atoms with Crippen LogP contribution in [0, 0.1) is 6.92 Å². The molecule has 0 unspecified atom stereocenters. The maximum atomic E-state index is 12.1. The summed E-state index contributed by atoms with van der Waals surface area (Å²) in [6, 6.07) is 6.94. The molecular weight excluding hydrogens is 282 g/mol. The van der Waals surface area contributed by atoms with Gasteiger partial charge < -0.3 is 9.73 Å². The molecule has 6 heteroatoms. The van der Waals surface area contributed by atoms with Crippen LogP contribution in [0.4, 0.5) is 5.69 Å². The van der Waals surface area contributed by atoms with Crippen molar-refractivity contribution in [3.8, 4) is 0 Å². The first-order chi connectivity index (χ1) is 10.5. The van der Waals surface area contributed by atoms with Crippen LogP contribution in [0.5, 0.6) is 0 Å². The van der Waals surface area contributed by atoms with Gasteiger partial charge in [-0.2, -0.15) is 5.10 Å². The van der Waals surface area contributed by atoms with Gasteiger partial charge in [0.2, 0.25) is 5.91 Å². The third kappa shape index (κ3) is 2.90. The van der Waals surface area contributed by atoms with Crippen LogP contribution < -0.4 is 10.9 Å². The quantitative estimate of drug-likeness (QED) is 0.750. The van der Waals surface area contributed by atoms with Crippen molar-refractivity contribution >= 4 is 22.6 Å². The first-order valence-electron chi connectivity index (χ1n) is 6.83. The Labute approximate surface area is 126 Å². The van der Waals surface area contributed by atoms with E-state index in [1.165, 1.54) is 6.07 Å². The predicted molar refractivity (Wildman–Crippen MR) is 82.8 cm³/mol. The van der Waals surface area contributed by atoms with Gasteiger partial charge in [0.05, 0.1) is 18.3 Å². The van der Waals surface area contributed by atoms with Crippen molar-refractivity contribution in [2.24, 2.45) is 7.05 Å². The third-order valence-electron chi connectivity index (χ3n) is 3.33. The second-order valence-electron chi connectivity index (χ2n) is 5.22. The molecule has 112 valence electrons. The normalized spacial score (nSPS) is 10.8. The lowest BCUT2D eigenvalue weighted by Crippen LogP contribution is -2.15. The standard InChI is InChI=1S/C16H15N3O3/c1-10-3-4-13-11(7-16(21)22-14(13)5-10)6-15(20)18-12-8-17-19(2)9-12/h3-5,7-9H,6H2,1-2H3,(H,18,20). The fourth-order valence-electron chi connectivity index (χ4n) is 2.35. The summed E-state index contributed by atoms with van der Waals surface area (Å²) in [5.41, 5.74) is 2.30. The number of amides is 1. The van der Waals surface area contributed by atoms with E-state index in [-0.39, 0.29) is 12.3 Å². The average Bonchev–Trinajstić information content (AvgIpc) is 2.83. The highest BCUT2D eigenvalue weighted by atomic mass is 16.4. The lowest BCUT2D eigenvalue weighted by molar-refractivity contribution is -0.115. The molecule has 0 saturated carbocycles. The number of nitrogens with one attached hydrogen (secondary N) is 1. The second kappa shape index (κ2) is 5.48. The molecule has 1 amide bonds. The van der Waals surface area contributed by atoms with Crippen molar-refractivity contribution in [3.63, 3.8) is 0 Å². The molecule has 6 nitrogen and oxygen atoms in total. The largest absolute Gasteiger partial charge is 0.423 e. The molecule has 0 fully saturated rings. The van der Waals surface area contributed by atoms with Crippen LogP contribution >= 0.6 is 0 Å². The van der Waals surface area contributed by atoms with E-state index in [9.17, 15) is 9.59 Å². The Hall–Kier alpha value is -2.89. The molecule has 22 heavy (non-hydrogen) atoms. The minimum atomic E-state index is -0.456. The Morgan fingerprint density at radius 1 is 1.36 bits per heavy atom. The summed E-state index contributed by atoms with van der Waals surface area (Å²) in [7, 11) is 1.77. The molecule has 1 N–H and O–H groups in total. The minimum Gasteiger partial charge on any atom is -0.423 e. The summed E-state index contributed by atoms with van der Waals surface area (Å²) in [4.78, 5) is 23.8. The summed E-state index contributed by atoms with van der Waals surface area (Å²) >= 11 is 0. The Bertz CT molecular complexity index is 908. The van der Waals surface area contributed by atoms with Gasteiger partial charge in [0.15, 0.2) is 0 Å². The number of hydrogen-bond donors (Lipinski definition) is 1. The second-order valence-corrected chi connectivity index (χ2v) is 5.22. The SMILES string of the molecule is Cc1ccc2c(CC(=O)Nc3cnn(C)c3)cc(=O)oc2c1. The lowest BCUT2D eigenvalue weighted by atomic mass is 10.1. The van der Waals surface area contributed by atoms with E-state index in [1.807, 2.05) is 19.1 Å². The number of anilines is 1. The summed E-state index contributed by atoms with van der Waals surface area (Å²) in [6.45, 7) is 1.92. The summed E-state index contributed by atoms with van der Waals surface area (Å²) in [5.74, 6) is -0.208.